The minimum atomic E-state index is 0.667. The van der Waals surface area contributed by atoms with E-state index in [9.17, 15) is 0 Å². The topological polar surface area (TPSA) is 57.2 Å². The normalized spacial score (nSPS) is 19.0. The minimum Gasteiger partial charge on any atom is -0.354 e. The monoisotopic (exact) mass is 278 g/mol. The van der Waals surface area contributed by atoms with Crippen molar-refractivity contribution in [3.8, 4) is 0 Å². The molecule has 1 aromatic heterocycles. The average molecular weight is 278 g/mol. The van der Waals surface area contributed by atoms with Crippen molar-refractivity contribution in [3.63, 3.8) is 0 Å². The Morgan fingerprint density at radius 2 is 2.05 bits per heavy atom. The zero-order valence-corrected chi connectivity index (χ0v) is 13.1. The highest BCUT2D eigenvalue weighted by molar-refractivity contribution is 5.44. The van der Waals surface area contributed by atoms with Gasteiger partial charge in [0, 0.05) is 33.7 Å². The van der Waals surface area contributed by atoms with Crippen LogP contribution in [-0.2, 0) is 0 Å². The van der Waals surface area contributed by atoms with Gasteiger partial charge in [0.1, 0.15) is 0 Å². The van der Waals surface area contributed by atoms with Crippen LogP contribution in [0.4, 0.5) is 17.8 Å². The van der Waals surface area contributed by atoms with Crippen LogP contribution in [0.15, 0.2) is 0 Å². The summed E-state index contributed by atoms with van der Waals surface area (Å²) in [5, 5.41) is 3.19. The summed E-state index contributed by atoms with van der Waals surface area (Å²) >= 11 is 0. The summed E-state index contributed by atoms with van der Waals surface area (Å²) in [4.78, 5) is 17.8. The maximum Gasteiger partial charge on any atom is 0.231 e. The lowest BCUT2D eigenvalue weighted by Crippen LogP contribution is -2.36. The number of hydrogen-bond acceptors (Lipinski definition) is 6. The lowest BCUT2D eigenvalue weighted by molar-refractivity contribution is 0.401. The molecule has 1 fully saturated rings. The van der Waals surface area contributed by atoms with Crippen molar-refractivity contribution in [3.05, 3.63) is 0 Å². The maximum absolute atomic E-state index is 4.60. The molecule has 112 valence electrons. The van der Waals surface area contributed by atoms with E-state index in [4.69, 9.17) is 0 Å². The Morgan fingerprint density at radius 1 is 1.25 bits per heavy atom. The minimum absolute atomic E-state index is 0.667. The van der Waals surface area contributed by atoms with Crippen molar-refractivity contribution in [2.24, 2.45) is 5.92 Å². The van der Waals surface area contributed by atoms with Crippen LogP contribution < -0.4 is 15.1 Å². The third kappa shape index (κ3) is 3.49. The van der Waals surface area contributed by atoms with Crippen molar-refractivity contribution in [2.75, 3.05) is 48.8 Å². The Balaban J connectivity index is 2.24. The fourth-order valence-electron chi connectivity index (χ4n) is 2.51. The van der Waals surface area contributed by atoms with Crippen molar-refractivity contribution >= 4 is 17.8 Å². The molecule has 1 aromatic rings. The summed E-state index contributed by atoms with van der Waals surface area (Å²) in [7, 11) is 3.92. The molecule has 0 aromatic carbocycles. The van der Waals surface area contributed by atoms with Crippen LogP contribution in [-0.4, -0.2) is 48.7 Å². The van der Waals surface area contributed by atoms with Crippen LogP contribution in [0.3, 0.4) is 0 Å². The second kappa shape index (κ2) is 6.72. The molecule has 20 heavy (non-hydrogen) atoms. The van der Waals surface area contributed by atoms with Gasteiger partial charge < -0.3 is 15.1 Å². The molecule has 0 aliphatic carbocycles. The molecule has 6 nitrogen and oxygen atoms in total. The molecule has 0 amide bonds. The molecule has 2 heterocycles. The molecule has 0 spiro atoms. The van der Waals surface area contributed by atoms with E-state index in [1.54, 1.807) is 0 Å². The van der Waals surface area contributed by atoms with Gasteiger partial charge in [0.25, 0.3) is 0 Å². The van der Waals surface area contributed by atoms with Gasteiger partial charge in [0.05, 0.1) is 0 Å². The maximum atomic E-state index is 4.60. The zero-order valence-electron chi connectivity index (χ0n) is 13.1. The first-order chi connectivity index (χ1) is 9.63. The second-order valence-corrected chi connectivity index (χ2v) is 5.55. The van der Waals surface area contributed by atoms with Gasteiger partial charge in [-0.25, -0.2) is 0 Å². The molecule has 1 aliphatic heterocycles. The first-order valence-corrected chi connectivity index (χ1v) is 7.56. The highest BCUT2D eigenvalue weighted by atomic mass is 15.4. The van der Waals surface area contributed by atoms with Gasteiger partial charge >= 0.3 is 0 Å². The Bertz CT molecular complexity index is 434. The SMILES string of the molecule is CCNc1nc(N(C)C)nc(N2CCCC(CC)C2)n1. The van der Waals surface area contributed by atoms with Gasteiger partial charge in [-0.15, -0.1) is 0 Å². The molecule has 1 saturated heterocycles. The van der Waals surface area contributed by atoms with Gasteiger partial charge in [-0.1, -0.05) is 13.3 Å². The lowest BCUT2D eigenvalue weighted by Gasteiger charge is -2.32. The second-order valence-electron chi connectivity index (χ2n) is 5.55. The van der Waals surface area contributed by atoms with E-state index in [1.807, 2.05) is 25.9 Å². The first-order valence-electron chi connectivity index (χ1n) is 7.56. The number of nitrogens with zero attached hydrogens (tertiary/aromatic N) is 5. The third-order valence-electron chi connectivity index (χ3n) is 3.73. The third-order valence-corrected chi connectivity index (χ3v) is 3.73. The molecule has 0 bridgehead atoms. The molecule has 0 radical (unpaired) electrons. The number of hydrogen-bond donors (Lipinski definition) is 1. The molecule has 0 saturated carbocycles. The van der Waals surface area contributed by atoms with Gasteiger partial charge in [-0.05, 0) is 25.7 Å². The Morgan fingerprint density at radius 3 is 2.70 bits per heavy atom. The predicted molar refractivity (Wildman–Crippen MR) is 83.5 cm³/mol. The Hall–Kier alpha value is -1.59. The summed E-state index contributed by atoms with van der Waals surface area (Å²) in [6.45, 7) is 7.22. The molecule has 1 unspecified atom stereocenters. The van der Waals surface area contributed by atoms with Crippen molar-refractivity contribution in [1.82, 2.24) is 15.0 Å². The number of piperidine rings is 1. The Kier molecular flexibility index (Phi) is 4.98. The summed E-state index contributed by atoms with van der Waals surface area (Å²) in [5.41, 5.74) is 0. The van der Waals surface area contributed by atoms with Crippen LogP contribution in [0.5, 0.6) is 0 Å². The summed E-state index contributed by atoms with van der Waals surface area (Å²) < 4.78 is 0. The molecule has 1 aliphatic rings. The summed E-state index contributed by atoms with van der Waals surface area (Å²) in [6.07, 6.45) is 3.76. The van der Waals surface area contributed by atoms with Crippen LogP contribution >= 0.6 is 0 Å². The number of rotatable bonds is 5. The van der Waals surface area contributed by atoms with Gasteiger partial charge in [-0.3, -0.25) is 0 Å². The van der Waals surface area contributed by atoms with E-state index >= 15 is 0 Å². The molecule has 2 rings (SSSR count). The van der Waals surface area contributed by atoms with Gasteiger partial charge in [0.2, 0.25) is 17.8 Å². The van der Waals surface area contributed by atoms with Crippen LogP contribution in [0.25, 0.3) is 0 Å². The van der Waals surface area contributed by atoms with E-state index in [0.717, 1.165) is 31.5 Å². The molecular formula is C14H26N6. The van der Waals surface area contributed by atoms with E-state index in [-0.39, 0.29) is 0 Å². The van der Waals surface area contributed by atoms with E-state index < -0.39 is 0 Å². The highest BCUT2D eigenvalue weighted by Gasteiger charge is 2.22. The standard InChI is InChI=1S/C14H26N6/c1-5-11-8-7-9-20(10-11)14-17-12(15-6-2)16-13(18-14)19(3)4/h11H,5-10H2,1-4H3,(H,15,16,17,18). The molecule has 6 heteroatoms. The predicted octanol–water partition coefficient (Wildman–Crippen LogP) is 2.00. The van der Waals surface area contributed by atoms with Crippen LogP contribution in [0.2, 0.25) is 0 Å². The largest absolute Gasteiger partial charge is 0.354 e. The van der Waals surface area contributed by atoms with Crippen molar-refractivity contribution in [1.29, 1.82) is 0 Å². The quantitative estimate of drug-likeness (QED) is 0.889. The fourth-order valence-corrected chi connectivity index (χ4v) is 2.51. The highest BCUT2D eigenvalue weighted by Crippen LogP contribution is 2.24. The zero-order chi connectivity index (χ0) is 14.5. The summed E-state index contributed by atoms with van der Waals surface area (Å²) in [6, 6.07) is 0. The van der Waals surface area contributed by atoms with Crippen LogP contribution in [0.1, 0.15) is 33.1 Å². The smallest absolute Gasteiger partial charge is 0.231 e. The van der Waals surface area contributed by atoms with E-state index in [1.165, 1.54) is 19.3 Å². The van der Waals surface area contributed by atoms with E-state index in [0.29, 0.717) is 11.9 Å². The average Bonchev–Trinajstić information content (AvgIpc) is 2.47. The van der Waals surface area contributed by atoms with Gasteiger partial charge in [-0.2, -0.15) is 15.0 Å². The van der Waals surface area contributed by atoms with Gasteiger partial charge in [0.15, 0.2) is 0 Å². The van der Waals surface area contributed by atoms with Crippen LogP contribution in [0, 0.1) is 5.92 Å². The van der Waals surface area contributed by atoms with Crippen molar-refractivity contribution in [2.45, 2.75) is 33.1 Å². The molecular weight excluding hydrogens is 252 g/mol. The Labute approximate surface area is 121 Å². The number of aromatic nitrogens is 3. The number of anilines is 3. The molecule has 1 N–H and O–H groups in total. The van der Waals surface area contributed by atoms with Crippen molar-refractivity contribution < 1.29 is 0 Å². The number of nitrogens with one attached hydrogen (secondary N) is 1. The lowest BCUT2D eigenvalue weighted by atomic mass is 9.96. The summed E-state index contributed by atoms with van der Waals surface area (Å²) in [5.74, 6) is 2.94. The fraction of sp³-hybridized carbons (Fsp3) is 0.786. The van der Waals surface area contributed by atoms with E-state index in [2.05, 4.69) is 32.1 Å². The first kappa shape index (κ1) is 14.8. The molecule has 1 atom stereocenters.